The van der Waals surface area contributed by atoms with Crippen LogP contribution in [-0.2, 0) is 11.5 Å². The van der Waals surface area contributed by atoms with E-state index >= 15 is 0 Å². The lowest BCUT2D eigenvalue weighted by atomic mass is 9.93. The lowest BCUT2D eigenvalue weighted by molar-refractivity contribution is -0.139. The lowest BCUT2D eigenvalue weighted by Crippen LogP contribution is -2.46. The maximum absolute atomic E-state index is 12.9. The van der Waals surface area contributed by atoms with Crippen LogP contribution in [0.4, 0.5) is 0 Å². The van der Waals surface area contributed by atoms with E-state index in [0.717, 1.165) is 51.2 Å². The number of fused-ring (bicyclic) bond motifs is 1. The monoisotopic (exact) mass is 368 g/mol. The van der Waals surface area contributed by atoms with Gasteiger partial charge in [-0.15, -0.1) is 0 Å². The Labute approximate surface area is 162 Å². The molecule has 0 spiro atoms. The number of benzene rings is 1. The minimum absolute atomic E-state index is 0.218. The number of aryl methyl sites for hydroxylation is 2. The summed E-state index contributed by atoms with van der Waals surface area (Å²) in [5, 5.41) is 0. The number of aromatic nitrogens is 2. The van der Waals surface area contributed by atoms with Crippen molar-refractivity contribution in [3.63, 3.8) is 0 Å². The number of rotatable bonds is 3. The molecule has 2 saturated heterocycles. The van der Waals surface area contributed by atoms with Crippen molar-refractivity contribution < 1.29 is 4.79 Å². The second-order valence-electron chi connectivity index (χ2n) is 8.70. The van der Waals surface area contributed by atoms with Crippen LogP contribution in [0.15, 0.2) is 18.5 Å². The summed E-state index contributed by atoms with van der Waals surface area (Å²) in [6, 6.07) is 4.41. The molecule has 1 amide bonds. The summed E-state index contributed by atoms with van der Waals surface area (Å²) < 4.78 is 2.25. The van der Waals surface area contributed by atoms with E-state index in [2.05, 4.69) is 52.3 Å². The van der Waals surface area contributed by atoms with Crippen molar-refractivity contribution >= 4 is 16.9 Å². The van der Waals surface area contributed by atoms with Crippen LogP contribution in [0.2, 0.25) is 0 Å². The Morgan fingerprint density at radius 3 is 2.59 bits per heavy atom. The van der Waals surface area contributed by atoms with Gasteiger partial charge in [-0.2, -0.15) is 0 Å². The van der Waals surface area contributed by atoms with Crippen LogP contribution in [0.1, 0.15) is 43.7 Å². The Bertz CT molecular complexity index is 819. The highest BCUT2D eigenvalue weighted by atomic mass is 16.2. The summed E-state index contributed by atoms with van der Waals surface area (Å²) >= 11 is 0. The highest BCUT2D eigenvalue weighted by Crippen LogP contribution is 2.25. The molecule has 27 heavy (non-hydrogen) atoms. The summed E-state index contributed by atoms with van der Waals surface area (Å²) in [5.41, 5.74) is 4.88. The minimum atomic E-state index is 0.218. The van der Waals surface area contributed by atoms with E-state index in [1.807, 2.05) is 6.33 Å². The van der Waals surface area contributed by atoms with Gasteiger partial charge < -0.3 is 9.47 Å². The number of hydrogen-bond acceptors (Lipinski definition) is 3. The van der Waals surface area contributed by atoms with Crippen molar-refractivity contribution in [3.8, 4) is 0 Å². The Kier molecular flexibility index (Phi) is 5.22. The van der Waals surface area contributed by atoms with Crippen LogP contribution in [0.3, 0.4) is 0 Å². The van der Waals surface area contributed by atoms with Crippen LogP contribution in [0.25, 0.3) is 11.0 Å². The first-order valence-corrected chi connectivity index (χ1v) is 10.4. The normalized spacial score (nSPS) is 22.5. The second kappa shape index (κ2) is 7.63. The third-order valence-electron chi connectivity index (χ3n) is 6.49. The first-order chi connectivity index (χ1) is 13.0. The molecule has 0 N–H and O–H groups in total. The topological polar surface area (TPSA) is 41.4 Å². The number of imidazole rings is 1. The zero-order valence-corrected chi connectivity index (χ0v) is 16.9. The predicted octanol–water partition coefficient (Wildman–Crippen LogP) is 3.58. The van der Waals surface area contributed by atoms with Gasteiger partial charge in [-0.1, -0.05) is 6.92 Å². The van der Waals surface area contributed by atoms with Crippen LogP contribution in [-0.4, -0.2) is 51.4 Å². The van der Waals surface area contributed by atoms with Gasteiger partial charge in [0.25, 0.3) is 0 Å². The van der Waals surface area contributed by atoms with Crippen LogP contribution < -0.4 is 0 Å². The van der Waals surface area contributed by atoms with Gasteiger partial charge in [-0.05, 0) is 68.7 Å². The van der Waals surface area contributed by atoms with Crippen LogP contribution in [0, 0.1) is 25.7 Å². The van der Waals surface area contributed by atoms with Crippen molar-refractivity contribution in [2.45, 2.75) is 53.1 Å². The molecular weight excluding hydrogens is 336 g/mol. The molecule has 1 aromatic heterocycles. The standard InChI is InChI=1S/C22H32N4O/c1-16-5-4-8-25(13-16)22(27)19-6-9-24(10-7-19)15-26-14-23-20-11-17(2)18(3)12-21(20)26/h11-12,14,16,19H,4-10,13,15H2,1-3H3/t16-/m1/s1. The van der Waals surface area contributed by atoms with E-state index in [9.17, 15) is 4.79 Å². The molecule has 0 unspecified atom stereocenters. The molecular formula is C22H32N4O. The minimum Gasteiger partial charge on any atom is -0.342 e. The molecule has 5 nitrogen and oxygen atoms in total. The quantitative estimate of drug-likeness (QED) is 0.831. The van der Waals surface area contributed by atoms with Gasteiger partial charge in [0.2, 0.25) is 5.91 Å². The molecule has 0 aliphatic carbocycles. The zero-order valence-electron chi connectivity index (χ0n) is 16.9. The first kappa shape index (κ1) is 18.5. The van der Waals surface area contributed by atoms with Gasteiger partial charge in [0.1, 0.15) is 0 Å². The highest BCUT2D eigenvalue weighted by molar-refractivity contribution is 5.79. The van der Waals surface area contributed by atoms with E-state index in [-0.39, 0.29) is 5.92 Å². The Balaban J connectivity index is 1.36. The molecule has 2 fully saturated rings. The van der Waals surface area contributed by atoms with Crippen molar-refractivity contribution in [1.29, 1.82) is 0 Å². The summed E-state index contributed by atoms with van der Waals surface area (Å²) in [7, 11) is 0. The Morgan fingerprint density at radius 2 is 1.85 bits per heavy atom. The van der Waals surface area contributed by atoms with E-state index < -0.39 is 0 Å². The molecule has 1 atom stereocenters. The van der Waals surface area contributed by atoms with Gasteiger partial charge in [0.05, 0.1) is 24.0 Å². The number of likely N-dealkylation sites (tertiary alicyclic amines) is 2. The summed E-state index contributed by atoms with van der Waals surface area (Å²) in [6.45, 7) is 11.3. The number of hydrogen-bond donors (Lipinski definition) is 0. The van der Waals surface area contributed by atoms with Crippen molar-refractivity contribution in [3.05, 3.63) is 29.6 Å². The molecule has 3 heterocycles. The summed E-state index contributed by atoms with van der Waals surface area (Å²) in [4.78, 5) is 22.0. The average Bonchev–Trinajstić information content (AvgIpc) is 3.04. The smallest absolute Gasteiger partial charge is 0.225 e. The largest absolute Gasteiger partial charge is 0.342 e. The van der Waals surface area contributed by atoms with Gasteiger partial charge in [-0.25, -0.2) is 4.98 Å². The fourth-order valence-corrected chi connectivity index (χ4v) is 4.61. The summed E-state index contributed by atoms with van der Waals surface area (Å²) in [5.74, 6) is 1.28. The molecule has 4 rings (SSSR count). The fourth-order valence-electron chi connectivity index (χ4n) is 4.61. The third kappa shape index (κ3) is 3.88. The van der Waals surface area contributed by atoms with Crippen LogP contribution >= 0.6 is 0 Å². The van der Waals surface area contributed by atoms with Gasteiger partial charge >= 0.3 is 0 Å². The highest BCUT2D eigenvalue weighted by Gasteiger charge is 2.30. The van der Waals surface area contributed by atoms with E-state index in [4.69, 9.17) is 0 Å². The van der Waals surface area contributed by atoms with E-state index in [0.29, 0.717) is 11.8 Å². The lowest BCUT2D eigenvalue weighted by Gasteiger charge is -2.37. The molecule has 146 valence electrons. The van der Waals surface area contributed by atoms with E-state index in [1.165, 1.54) is 29.5 Å². The number of amides is 1. The summed E-state index contributed by atoms with van der Waals surface area (Å²) in [6.07, 6.45) is 6.34. The first-order valence-electron chi connectivity index (χ1n) is 10.4. The number of carbonyl (C=O) groups excluding carboxylic acids is 1. The van der Waals surface area contributed by atoms with Gasteiger partial charge in [0, 0.05) is 32.1 Å². The molecule has 0 saturated carbocycles. The Morgan fingerprint density at radius 1 is 1.11 bits per heavy atom. The number of nitrogens with zero attached hydrogens (tertiary/aromatic N) is 4. The maximum Gasteiger partial charge on any atom is 0.225 e. The van der Waals surface area contributed by atoms with Crippen molar-refractivity contribution in [2.75, 3.05) is 26.2 Å². The predicted molar refractivity (Wildman–Crippen MR) is 108 cm³/mol. The van der Waals surface area contributed by atoms with Crippen LogP contribution in [0.5, 0.6) is 0 Å². The fraction of sp³-hybridized carbons (Fsp3) is 0.636. The molecule has 1 aromatic carbocycles. The molecule has 5 heteroatoms. The second-order valence-corrected chi connectivity index (χ2v) is 8.70. The van der Waals surface area contributed by atoms with E-state index in [1.54, 1.807) is 0 Å². The van der Waals surface area contributed by atoms with Gasteiger partial charge in [0.15, 0.2) is 0 Å². The molecule has 2 aliphatic heterocycles. The molecule has 2 aliphatic rings. The van der Waals surface area contributed by atoms with Crippen molar-refractivity contribution in [1.82, 2.24) is 19.4 Å². The molecule has 0 bridgehead atoms. The third-order valence-corrected chi connectivity index (χ3v) is 6.49. The molecule has 2 aromatic rings. The number of piperidine rings is 2. The SMILES string of the molecule is Cc1cc2ncn(CN3CCC(C(=O)N4CCC[C@@H](C)C4)CC3)c2cc1C. The van der Waals surface area contributed by atoms with Crippen molar-refractivity contribution in [2.24, 2.45) is 11.8 Å². The number of carbonyl (C=O) groups is 1. The Hall–Kier alpha value is -1.88. The van der Waals surface area contributed by atoms with Gasteiger partial charge in [-0.3, -0.25) is 9.69 Å². The average molecular weight is 369 g/mol. The maximum atomic E-state index is 12.9. The zero-order chi connectivity index (χ0) is 19.0. The molecule has 0 radical (unpaired) electrons.